The molecule has 0 N–H and O–H groups in total. The molecule has 0 aromatic heterocycles. The Morgan fingerprint density at radius 2 is 1.96 bits per heavy atom. The van der Waals surface area contributed by atoms with Crippen LogP contribution in [0, 0.1) is 0 Å². The maximum Gasteiger partial charge on any atom is 0.244 e. The van der Waals surface area contributed by atoms with Crippen LogP contribution in [-0.2, 0) is 16.1 Å². The number of morpholine rings is 1. The van der Waals surface area contributed by atoms with Gasteiger partial charge < -0.3 is 14.4 Å². The van der Waals surface area contributed by atoms with E-state index in [4.69, 9.17) is 32.7 Å². The van der Waals surface area contributed by atoms with Gasteiger partial charge in [-0.2, -0.15) is 0 Å². The molecule has 2 aromatic carbocycles. The van der Waals surface area contributed by atoms with E-state index in [1.54, 1.807) is 31.2 Å². The van der Waals surface area contributed by atoms with E-state index in [-0.39, 0.29) is 5.91 Å². The minimum absolute atomic E-state index is 0.0195. The highest BCUT2D eigenvalue weighted by Gasteiger charge is 2.32. The lowest BCUT2D eigenvalue weighted by atomic mass is 10.0. The van der Waals surface area contributed by atoms with E-state index in [9.17, 15) is 4.79 Å². The van der Waals surface area contributed by atoms with Crippen molar-refractivity contribution in [3.8, 4) is 5.75 Å². The molecule has 1 heterocycles. The van der Waals surface area contributed by atoms with Gasteiger partial charge in [-0.15, -0.1) is 0 Å². The minimum atomic E-state index is -0.482. The average Bonchev–Trinajstić information content (AvgIpc) is 2.70. The first-order valence-electron chi connectivity index (χ1n) is 9.14. The van der Waals surface area contributed by atoms with Crippen LogP contribution in [0.15, 0.2) is 42.5 Å². The van der Waals surface area contributed by atoms with Crippen molar-refractivity contribution in [2.75, 3.05) is 40.5 Å². The second-order valence-electron chi connectivity index (χ2n) is 6.76. The lowest BCUT2D eigenvalue weighted by molar-refractivity contribution is -0.138. The predicted molar refractivity (Wildman–Crippen MR) is 111 cm³/mol. The molecule has 7 heteroatoms. The summed E-state index contributed by atoms with van der Waals surface area (Å²) in [5, 5.41) is 1.04. The van der Waals surface area contributed by atoms with Gasteiger partial charge in [0.25, 0.3) is 0 Å². The third-order valence-corrected chi connectivity index (χ3v) is 5.39. The number of nitrogens with zero attached hydrogens (tertiary/aromatic N) is 2. The number of hydrogen-bond donors (Lipinski definition) is 0. The number of benzene rings is 2. The summed E-state index contributed by atoms with van der Waals surface area (Å²) in [7, 11) is 3.43. The van der Waals surface area contributed by atoms with Crippen molar-refractivity contribution < 1.29 is 14.3 Å². The van der Waals surface area contributed by atoms with Gasteiger partial charge in [0.2, 0.25) is 5.91 Å². The van der Waals surface area contributed by atoms with Crippen LogP contribution in [-0.4, -0.2) is 56.2 Å². The van der Waals surface area contributed by atoms with Gasteiger partial charge in [0.15, 0.2) is 0 Å². The molecular formula is C21H24Cl2N2O3. The zero-order valence-corrected chi connectivity index (χ0v) is 17.5. The lowest BCUT2D eigenvalue weighted by Gasteiger charge is -2.36. The predicted octanol–water partition coefficient (Wildman–Crippen LogP) is 4.03. The first-order chi connectivity index (χ1) is 13.5. The molecule has 1 atom stereocenters. The fourth-order valence-corrected chi connectivity index (χ4v) is 3.89. The molecule has 2 aromatic rings. The molecule has 1 aliphatic rings. The summed E-state index contributed by atoms with van der Waals surface area (Å²) in [5.41, 5.74) is 1.76. The van der Waals surface area contributed by atoms with Crippen LogP contribution < -0.4 is 4.74 Å². The molecule has 1 saturated heterocycles. The molecule has 0 bridgehead atoms. The highest BCUT2D eigenvalue weighted by atomic mass is 35.5. The topological polar surface area (TPSA) is 42.0 Å². The number of rotatable bonds is 6. The van der Waals surface area contributed by atoms with Crippen molar-refractivity contribution in [1.82, 2.24) is 9.80 Å². The number of methoxy groups -OCH3 is 1. The molecule has 0 spiro atoms. The van der Waals surface area contributed by atoms with Crippen molar-refractivity contribution in [2.24, 2.45) is 0 Å². The van der Waals surface area contributed by atoms with E-state index in [0.717, 1.165) is 16.9 Å². The molecule has 1 amide bonds. The largest absolute Gasteiger partial charge is 0.497 e. The van der Waals surface area contributed by atoms with E-state index >= 15 is 0 Å². The summed E-state index contributed by atoms with van der Waals surface area (Å²) in [4.78, 5) is 17.3. The van der Waals surface area contributed by atoms with E-state index in [2.05, 4.69) is 4.90 Å². The number of likely N-dealkylation sites (N-methyl/N-ethyl adjacent to an activating group) is 1. The third kappa shape index (κ3) is 4.97. The van der Waals surface area contributed by atoms with Crippen LogP contribution in [0.5, 0.6) is 5.75 Å². The number of carbonyl (C=O) groups excluding carboxylic acids is 1. The van der Waals surface area contributed by atoms with Gasteiger partial charge in [-0.05, 0) is 35.4 Å². The molecule has 0 radical (unpaired) electrons. The summed E-state index contributed by atoms with van der Waals surface area (Å²) in [5.74, 6) is 0.748. The molecule has 150 valence electrons. The Hall–Kier alpha value is -1.79. The van der Waals surface area contributed by atoms with Gasteiger partial charge in [-0.25, -0.2) is 0 Å². The third-order valence-electron chi connectivity index (χ3n) is 4.83. The van der Waals surface area contributed by atoms with Crippen molar-refractivity contribution >= 4 is 29.1 Å². The molecule has 1 aliphatic heterocycles. The first kappa shape index (κ1) is 20.9. The fourth-order valence-electron chi connectivity index (χ4n) is 3.38. The standard InChI is InChI=1S/C21H24Cl2N2O3/c1-24(14-15-4-3-5-17(12-15)27-2)21(26)20(25-8-10-28-11-9-25)18-7-6-16(22)13-19(18)23/h3-7,12-13,20H,8-11,14H2,1-2H3/t20-/m0/s1. The van der Waals surface area contributed by atoms with Crippen molar-refractivity contribution in [2.45, 2.75) is 12.6 Å². The molecule has 5 nitrogen and oxygen atoms in total. The normalized spacial score (nSPS) is 15.9. The van der Waals surface area contributed by atoms with Crippen molar-refractivity contribution in [1.29, 1.82) is 0 Å². The van der Waals surface area contributed by atoms with E-state index in [1.807, 2.05) is 30.3 Å². The number of halogens is 2. The monoisotopic (exact) mass is 422 g/mol. The number of ether oxygens (including phenoxy) is 2. The van der Waals surface area contributed by atoms with Crippen molar-refractivity contribution in [3.63, 3.8) is 0 Å². The Morgan fingerprint density at radius 1 is 1.21 bits per heavy atom. The second-order valence-corrected chi connectivity index (χ2v) is 7.61. The quantitative estimate of drug-likeness (QED) is 0.704. The summed E-state index contributed by atoms with van der Waals surface area (Å²) in [6, 6.07) is 12.5. The fraction of sp³-hybridized carbons (Fsp3) is 0.381. The van der Waals surface area contributed by atoms with Crippen LogP contribution in [0.4, 0.5) is 0 Å². The first-order valence-corrected chi connectivity index (χ1v) is 9.90. The summed E-state index contributed by atoms with van der Waals surface area (Å²) in [6.07, 6.45) is 0. The second kappa shape index (κ2) is 9.61. The Balaban J connectivity index is 1.86. The molecule has 3 rings (SSSR count). The van der Waals surface area contributed by atoms with Crippen molar-refractivity contribution in [3.05, 3.63) is 63.6 Å². The zero-order valence-electron chi connectivity index (χ0n) is 16.0. The van der Waals surface area contributed by atoms with Gasteiger partial charge in [0.1, 0.15) is 11.8 Å². The summed E-state index contributed by atoms with van der Waals surface area (Å²) >= 11 is 12.5. The van der Waals surface area contributed by atoms with Crippen LogP contribution >= 0.6 is 23.2 Å². The molecule has 0 unspecified atom stereocenters. The van der Waals surface area contributed by atoms with Crippen LogP contribution in [0.3, 0.4) is 0 Å². The Kier molecular flexibility index (Phi) is 7.18. The molecule has 1 fully saturated rings. The number of amides is 1. The van der Waals surface area contributed by atoms with Gasteiger partial charge in [-0.3, -0.25) is 9.69 Å². The number of hydrogen-bond acceptors (Lipinski definition) is 4. The molecular weight excluding hydrogens is 399 g/mol. The molecule has 0 saturated carbocycles. The molecule has 28 heavy (non-hydrogen) atoms. The lowest BCUT2D eigenvalue weighted by Crippen LogP contribution is -2.46. The summed E-state index contributed by atoms with van der Waals surface area (Å²) in [6.45, 7) is 3.00. The summed E-state index contributed by atoms with van der Waals surface area (Å²) < 4.78 is 10.7. The minimum Gasteiger partial charge on any atom is -0.497 e. The average molecular weight is 423 g/mol. The van der Waals surface area contributed by atoms with Gasteiger partial charge in [-0.1, -0.05) is 41.4 Å². The maximum atomic E-state index is 13.5. The van der Waals surface area contributed by atoms with Crippen LogP contribution in [0.1, 0.15) is 17.2 Å². The van der Waals surface area contributed by atoms with E-state index in [0.29, 0.717) is 42.9 Å². The Labute approximate surface area is 175 Å². The van der Waals surface area contributed by atoms with Gasteiger partial charge >= 0.3 is 0 Å². The zero-order chi connectivity index (χ0) is 20.1. The Bertz CT molecular complexity index is 825. The molecule has 0 aliphatic carbocycles. The highest BCUT2D eigenvalue weighted by Crippen LogP contribution is 2.32. The van der Waals surface area contributed by atoms with E-state index < -0.39 is 6.04 Å². The highest BCUT2D eigenvalue weighted by molar-refractivity contribution is 6.35. The van der Waals surface area contributed by atoms with Crippen LogP contribution in [0.2, 0.25) is 10.0 Å². The van der Waals surface area contributed by atoms with Crippen LogP contribution in [0.25, 0.3) is 0 Å². The van der Waals surface area contributed by atoms with Gasteiger partial charge in [0.05, 0.1) is 20.3 Å². The number of carbonyl (C=O) groups is 1. The van der Waals surface area contributed by atoms with Gasteiger partial charge in [0, 0.05) is 36.7 Å². The maximum absolute atomic E-state index is 13.5. The SMILES string of the molecule is COc1cccc(CN(C)C(=O)[C@H](c2ccc(Cl)cc2Cl)N2CCOCC2)c1. The van der Waals surface area contributed by atoms with E-state index in [1.165, 1.54) is 0 Å². The smallest absolute Gasteiger partial charge is 0.244 e. The Morgan fingerprint density at radius 3 is 2.64 bits per heavy atom.